The van der Waals surface area contributed by atoms with E-state index in [1.165, 1.54) is 4.90 Å². The van der Waals surface area contributed by atoms with Gasteiger partial charge in [-0.2, -0.15) is 0 Å². The molecule has 11 heteroatoms. The molecule has 2 aromatic rings. The average Bonchev–Trinajstić information content (AvgIpc) is 3.87. The number of hydrogen-bond donors (Lipinski definition) is 1. The lowest BCUT2D eigenvalue weighted by atomic mass is 9.81. The summed E-state index contributed by atoms with van der Waals surface area (Å²) in [6, 6.07) is 12.8. The van der Waals surface area contributed by atoms with E-state index in [9.17, 15) is 14.7 Å². The highest BCUT2D eigenvalue weighted by molar-refractivity contribution is 6.74. The van der Waals surface area contributed by atoms with Gasteiger partial charge in [0.25, 0.3) is 5.91 Å². The van der Waals surface area contributed by atoms with Crippen molar-refractivity contribution >= 4 is 32.0 Å². The normalized spacial score (nSPS) is 20.1. The van der Waals surface area contributed by atoms with Crippen molar-refractivity contribution in [1.29, 1.82) is 0 Å². The summed E-state index contributed by atoms with van der Waals surface area (Å²) in [5, 5.41) is 10.7. The number of carbonyl (C=O) groups excluding carboxylic acids is 2. The Morgan fingerprint density at radius 3 is 2.21 bits per heavy atom. The molecule has 2 heterocycles. The van der Waals surface area contributed by atoms with Crippen LogP contribution in [0.25, 0.3) is 5.57 Å². The van der Waals surface area contributed by atoms with Crippen LogP contribution in [-0.2, 0) is 26.9 Å². The van der Waals surface area contributed by atoms with Crippen molar-refractivity contribution in [3.05, 3.63) is 70.3 Å². The number of methoxy groups -OCH3 is 1. The molecule has 2 bridgehead atoms. The van der Waals surface area contributed by atoms with Crippen LogP contribution in [0.4, 0.5) is 9.59 Å². The number of rotatable bonds is 10. The summed E-state index contributed by atoms with van der Waals surface area (Å²) in [6.45, 7) is 21.4. The van der Waals surface area contributed by atoms with Crippen molar-refractivity contribution in [2.45, 2.75) is 136 Å². The quantitative estimate of drug-likeness (QED) is 0.245. The zero-order valence-corrected chi connectivity index (χ0v) is 34.0. The molecule has 0 aromatic heterocycles. The van der Waals surface area contributed by atoms with Crippen molar-refractivity contribution in [3.8, 4) is 5.75 Å². The number of amides is 3. The lowest BCUT2D eigenvalue weighted by Crippen LogP contribution is -2.65. The standard InChI is InChI=1S/C41H59N3O7Si/c1-26(51-52(10,11)41(6,7)8)21-28-15-17-29(18-16-28)33-22-32-24-42(39(48)50-40(3,4)5)25-34(44(32)38(46)47)36(33)37(45)43(31-19-20-31)23-30-13-12-14-35(49-9)27(30)2/h12-18,26,31-32,34H,19-25H2,1-11H3,(H,46,47). The lowest BCUT2D eigenvalue weighted by molar-refractivity contribution is -0.129. The molecule has 3 amide bonds. The van der Waals surface area contributed by atoms with Crippen LogP contribution < -0.4 is 4.74 Å². The molecule has 0 radical (unpaired) electrons. The Morgan fingerprint density at radius 2 is 1.65 bits per heavy atom. The maximum Gasteiger partial charge on any atom is 0.410 e. The van der Waals surface area contributed by atoms with Crippen LogP contribution in [0.5, 0.6) is 5.75 Å². The number of ether oxygens (including phenoxy) is 2. The Morgan fingerprint density at radius 1 is 1.00 bits per heavy atom. The van der Waals surface area contributed by atoms with E-state index in [4.69, 9.17) is 13.9 Å². The summed E-state index contributed by atoms with van der Waals surface area (Å²) in [6.07, 6.45) is 1.25. The van der Waals surface area contributed by atoms with Crippen LogP contribution in [0.15, 0.2) is 48.0 Å². The number of hydrogen-bond acceptors (Lipinski definition) is 6. The molecule has 3 aliphatic rings. The molecule has 1 saturated carbocycles. The third-order valence-corrected chi connectivity index (χ3v) is 15.7. The molecular weight excluding hydrogens is 675 g/mol. The molecule has 2 aliphatic heterocycles. The zero-order valence-electron chi connectivity index (χ0n) is 33.0. The Balaban J connectivity index is 1.55. The Hall–Kier alpha value is -3.83. The number of fused-ring (bicyclic) bond motifs is 2. The molecule has 2 aromatic carbocycles. The third-order valence-electron chi connectivity index (χ3n) is 11.1. The highest BCUT2D eigenvalue weighted by atomic mass is 28.4. The fourth-order valence-corrected chi connectivity index (χ4v) is 8.70. The van der Waals surface area contributed by atoms with Crippen LogP contribution in [0, 0.1) is 6.92 Å². The Bertz CT molecular complexity index is 1690. The molecule has 1 saturated heterocycles. The summed E-state index contributed by atoms with van der Waals surface area (Å²) in [5.74, 6) is 0.559. The molecule has 52 heavy (non-hydrogen) atoms. The number of carbonyl (C=O) groups is 3. The average molecular weight is 734 g/mol. The summed E-state index contributed by atoms with van der Waals surface area (Å²) >= 11 is 0. The van der Waals surface area contributed by atoms with Crippen LogP contribution in [0.2, 0.25) is 18.1 Å². The number of benzene rings is 2. The second kappa shape index (κ2) is 14.9. The first-order valence-electron chi connectivity index (χ1n) is 18.6. The summed E-state index contributed by atoms with van der Waals surface area (Å²) < 4.78 is 18.0. The maximum absolute atomic E-state index is 15.1. The second-order valence-corrected chi connectivity index (χ2v) is 22.1. The van der Waals surface area contributed by atoms with Gasteiger partial charge < -0.3 is 28.8 Å². The Kier molecular flexibility index (Phi) is 11.3. The van der Waals surface area contributed by atoms with Crippen LogP contribution in [0.1, 0.15) is 90.0 Å². The molecule has 10 nitrogen and oxygen atoms in total. The molecule has 3 unspecified atom stereocenters. The molecule has 1 N–H and O–H groups in total. The highest BCUT2D eigenvalue weighted by Crippen LogP contribution is 2.42. The smallest absolute Gasteiger partial charge is 0.410 e. The van der Waals surface area contributed by atoms with E-state index >= 15 is 4.79 Å². The van der Waals surface area contributed by atoms with Gasteiger partial charge in [0.15, 0.2) is 8.32 Å². The molecule has 3 atom stereocenters. The van der Waals surface area contributed by atoms with Crippen molar-refractivity contribution in [2.75, 3.05) is 20.2 Å². The molecule has 1 aliphatic carbocycles. The van der Waals surface area contributed by atoms with Gasteiger partial charge in [-0.3, -0.25) is 9.69 Å². The minimum Gasteiger partial charge on any atom is -0.496 e. The van der Waals surface area contributed by atoms with E-state index < -0.39 is 38.2 Å². The molecule has 284 valence electrons. The van der Waals surface area contributed by atoms with Gasteiger partial charge in [0.1, 0.15) is 11.4 Å². The van der Waals surface area contributed by atoms with Crippen LogP contribution in [0.3, 0.4) is 0 Å². The molecule has 5 rings (SSSR count). The van der Waals surface area contributed by atoms with E-state index in [-0.39, 0.29) is 36.2 Å². The van der Waals surface area contributed by atoms with Crippen LogP contribution >= 0.6 is 0 Å². The number of piperazine rings is 1. The zero-order chi connectivity index (χ0) is 38.3. The van der Waals surface area contributed by atoms with Gasteiger partial charge in [-0.05, 0) is 112 Å². The minimum absolute atomic E-state index is 0.0272. The van der Waals surface area contributed by atoms with Gasteiger partial charge in [-0.1, -0.05) is 57.2 Å². The monoisotopic (exact) mass is 733 g/mol. The molecule has 2 fully saturated rings. The minimum atomic E-state index is -1.94. The first kappa shape index (κ1) is 39.4. The van der Waals surface area contributed by atoms with Gasteiger partial charge >= 0.3 is 12.2 Å². The van der Waals surface area contributed by atoms with Gasteiger partial charge in [-0.25, -0.2) is 9.59 Å². The van der Waals surface area contributed by atoms with E-state index in [2.05, 4.69) is 65.1 Å². The van der Waals surface area contributed by atoms with E-state index in [1.807, 2.05) is 50.8 Å². The van der Waals surface area contributed by atoms with Gasteiger partial charge in [0.05, 0.1) is 19.2 Å². The first-order valence-corrected chi connectivity index (χ1v) is 21.5. The second-order valence-electron chi connectivity index (χ2n) is 17.3. The summed E-state index contributed by atoms with van der Waals surface area (Å²) in [4.78, 5) is 46.3. The van der Waals surface area contributed by atoms with Crippen molar-refractivity contribution in [2.24, 2.45) is 0 Å². The van der Waals surface area contributed by atoms with E-state index in [0.29, 0.717) is 18.5 Å². The van der Waals surface area contributed by atoms with Crippen molar-refractivity contribution in [3.63, 3.8) is 0 Å². The third kappa shape index (κ3) is 8.68. The fraction of sp³-hybridized carbons (Fsp3) is 0.585. The number of nitrogens with zero attached hydrogens (tertiary/aromatic N) is 3. The van der Waals surface area contributed by atoms with Crippen molar-refractivity contribution < 1.29 is 33.4 Å². The fourth-order valence-electron chi connectivity index (χ4n) is 7.26. The van der Waals surface area contributed by atoms with E-state index in [1.54, 1.807) is 12.0 Å². The molecular formula is C41H59N3O7Si. The number of carboxylic acid groups (broad SMARTS) is 1. The summed E-state index contributed by atoms with van der Waals surface area (Å²) in [5.41, 5.74) is 4.52. The largest absolute Gasteiger partial charge is 0.496 e. The van der Waals surface area contributed by atoms with Gasteiger partial charge in [-0.15, -0.1) is 0 Å². The summed E-state index contributed by atoms with van der Waals surface area (Å²) in [7, 11) is -0.298. The first-order chi connectivity index (χ1) is 24.2. The maximum atomic E-state index is 15.1. The van der Waals surface area contributed by atoms with Gasteiger partial charge in [0.2, 0.25) is 0 Å². The van der Waals surface area contributed by atoms with Gasteiger partial charge in [0, 0.05) is 37.4 Å². The highest BCUT2D eigenvalue weighted by Gasteiger charge is 2.50. The van der Waals surface area contributed by atoms with Crippen molar-refractivity contribution in [1.82, 2.24) is 14.7 Å². The van der Waals surface area contributed by atoms with Crippen LogP contribution in [-0.4, -0.2) is 96.2 Å². The SMILES string of the molecule is COc1cccc(CN(C(=O)C2=C(c3ccc(CC(C)O[Si](C)(C)C(C)(C)C)cc3)CC3CN(C(=O)OC(C)(C)C)CC2N3C(=O)O)C2CC2)c1C. The predicted octanol–water partition coefficient (Wildman–Crippen LogP) is 8.27. The lowest BCUT2D eigenvalue weighted by Gasteiger charge is -2.50. The van der Waals surface area contributed by atoms with E-state index in [0.717, 1.165) is 52.8 Å². The predicted molar refractivity (Wildman–Crippen MR) is 206 cm³/mol. The Labute approximate surface area is 311 Å². The topological polar surface area (TPSA) is 109 Å². The molecule has 0 spiro atoms.